The lowest BCUT2D eigenvalue weighted by molar-refractivity contribution is -0.172. The van der Waals surface area contributed by atoms with Gasteiger partial charge in [0.25, 0.3) is 21.2 Å². The Kier molecular flexibility index (Phi) is 11.1. The number of rotatable bonds is 3. The van der Waals surface area contributed by atoms with Crippen molar-refractivity contribution in [2.75, 3.05) is 13.3 Å². The normalized spacial score (nSPS) is 22.1. The van der Waals surface area contributed by atoms with Gasteiger partial charge in [0.1, 0.15) is 24.8 Å². The number of aromatic nitrogens is 4. The minimum atomic E-state index is -3.67. The van der Waals surface area contributed by atoms with Crippen molar-refractivity contribution in [3.05, 3.63) is 123 Å². The molecule has 17 nitrogen and oxygen atoms in total. The number of aliphatic hydroxyl groups is 2. The quantitative estimate of drug-likeness (QED) is 0.119. The highest BCUT2D eigenvalue weighted by Gasteiger charge is 2.47. The first-order valence-electron chi connectivity index (χ1n) is 23.0. The zero-order chi connectivity index (χ0) is 50.3. The predicted octanol–water partition coefficient (Wildman–Crippen LogP) is 4.71. The van der Waals surface area contributed by atoms with Crippen LogP contribution >= 0.6 is 0 Å². The second kappa shape index (κ2) is 16.4. The number of benzene rings is 2. The topological polar surface area (TPSA) is 255 Å². The fourth-order valence-electron chi connectivity index (χ4n) is 11.4. The van der Waals surface area contributed by atoms with Crippen LogP contribution in [-0.2, 0) is 79.5 Å². The smallest absolute Gasteiger partial charge is 0.343 e. The van der Waals surface area contributed by atoms with Crippen LogP contribution in [-0.4, -0.2) is 67.5 Å². The molecule has 6 aromatic rings. The molecule has 0 saturated carbocycles. The van der Waals surface area contributed by atoms with Crippen molar-refractivity contribution in [3.8, 4) is 22.8 Å². The predicted molar refractivity (Wildman–Crippen MR) is 251 cm³/mol. The van der Waals surface area contributed by atoms with E-state index in [0.717, 1.165) is 57.0 Å². The molecule has 0 saturated heterocycles. The first-order chi connectivity index (χ1) is 33.1. The number of carbonyl (C=O) groups is 2. The first-order valence-corrected chi connectivity index (χ1v) is 24.9. The average molecular weight is 981 g/mol. The average Bonchev–Trinajstić information content (AvgIpc) is 3.88. The van der Waals surface area contributed by atoms with Crippen molar-refractivity contribution in [3.63, 3.8) is 0 Å². The van der Waals surface area contributed by atoms with Gasteiger partial charge >= 0.3 is 11.9 Å². The summed E-state index contributed by atoms with van der Waals surface area (Å²) in [4.78, 5) is 61.2. The molecule has 20 heteroatoms. The molecule has 2 aliphatic carbocycles. The monoisotopic (exact) mass is 980 g/mol. The number of hydrogen-bond donors (Lipinski definition) is 5. The molecule has 12 rings (SSSR count). The molecule has 6 aliphatic rings. The molecule has 0 radical (unpaired) electrons. The maximum absolute atomic E-state index is 14.8. The number of pyridine rings is 4. The number of fused-ring (bicyclic) bond motifs is 10. The molecule has 366 valence electrons. The van der Waals surface area contributed by atoms with E-state index in [9.17, 15) is 46.6 Å². The van der Waals surface area contributed by atoms with Gasteiger partial charge in [-0.05, 0) is 105 Å². The minimum absolute atomic E-state index is 0.0544. The molecule has 0 amide bonds. The summed E-state index contributed by atoms with van der Waals surface area (Å²) in [7, 11) is -1.76. The number of nitrogens with two attached hydrogens (primary N) is 1. The molecule has 2 aromatic carbocycles. The van der Waals surface area contributed by atoms with Crippen LogP contribution in [0.15, 0.2) is 33.9 Å². The number of hydrogen-bond acceptors (Lipinski definition) is 14. The van der Waals surface area contributed by atoms with Crippen LogP contribution in [0.2, 0.25) is 0 Å². The largest absolute Gasteiger partial charge is 0.458 e. The second-order valence-electron chi connectivity index (χ2n) is 18.9. The van der Waals surface area contributed by atoms with Crippen molar-refractivity contribution in [1.29, 1.82) is 0 Å². The molecular weight excluding hydrogens is 931 g/mol. The van der Waals surface area contributed by atoms with E-state index in [0.29, 0.717) is 76.1 Å². The fraction of sp³-hybridized carbons (Fsp3) is 0.400. The summed E-state index contributed by atoms with van der Waals surface area (Å²) in [6.07, 6.45) is 3.81. The zero-order valence-corrected chi connectivity index (χ0v) is 40.0. The number of ether oxygens (including phenoxy) is 2. The highest BCUT2D eigenvalue weighted by Crippen LogP contribution is 2.48. The molecule has 1 unspecified atom stereocenters. The maximum Gasteiger partial charge on any atom is 0.343 e. The minimum Gasteiger partial charge on any atom is -0.458 e. The van der Waals surface area contributed by atoms with E-state index in [1.54, 1.807) is 49.0 Å². The summed E-state index contributed by atoms with van der Waals surface area (Å²) in [6, 6.07) is 6.06. The third kappa shape index (κ3) is 6.89. The highest BCUT2D eigenvalue weighted by molar-refractivity contribution is 7.85. The van der Waals surface area contributed by atoms with Crippen LogP contribution in [0.3, 0.4) is 0 Å². The molecule has 0 spiro atoms. The van der Waals surface area contributed by atoms with E-state index in [4.69, 9.17) is 29.7 Å². The Morgan fingerprint density at radius 1 is 0.729 bits per heavy atom. The second-order valence-corrected chi connectivity index (χ2v) is 20.3. The van der Waals surface area contributed by atoms with Gasteiger partial charge in [-0.1, -0.05) is 13.8 Å². The van der Waals surface area contributed by atoms with E-state index in [1.165, 1.54) is 12.1 Å². The van der Waals surface area contributed by atoms with E-state index in [-0.39, 0.29) is 84.1 Å². The Labute approximate surface area is 399 Å². The van der Waals surface area contributed by atoms with Gasteiger partial charge in [-0.2, -0.15) is 8.42 Å². The number of nitrogens with one attached hydrogen (secondary N) is 1. The Bertz CT molecular complexity index is 3610. The molecule has 0 bridgehead atoms. The molecule has 4 atom stereocenters. The Morgan fingerprint density at radius 3 is 1.57 bits per heavy atom. The van der Waals surface area contributed by atoms with Crippen molar-refractivity contribution < 1.29 is 51.0 Å². The lowest BCUT2D eigenvalue weighted by Gasteiger charge is -2.31. The standard InChI is InChI=1S/C25H24FN3O4.C24H22FN3O4.CH4O3S/c1-4-25(32)15-7-19-22-13(9-29(19)23(30)14(15)10-33-24(25)31)21-17(27-3)6-5-12-11(2)16(26)8-18(28-22)20(12)21;1-3-24(31)14-6-18-21-12(8-28(18)22(29)13(14)9-32-23(24)30)19-16(26)5-4-11-10(2)15(25)7-17(27-21)20(11)19;1-5(2,3)4/h7-8,17,27,32H,4-6,9-10H2,1-3H3;6-7,16,31H,3-5,8-9,26H2,1-2H3;1H3,(H,2,3,4)/t17-,25-;16?,24-;/m00./s1. The maximum atomic E-state index is 14.8. The molecule has 4 aliphatic heterocycles. The third-order valence-electron chi connectivity index (χ3n) is 15.1. The highest BCUT2D eigenvalue weighted by atomic mass is 32.2. The summed E-state index contributed by atoms with van der Waals surface area (Å²) in [5, 5.41) is 27.3. The summed E-state index contributed by atoms with van der Waals surface area (Å²) in [5.74, 6) is -2.12. The van der Waals surface area contributed by atoms with Crippen molar-refractivity contribution >= 4 is 43.9 Å². The van der Waals surface area contributed by atoms with Gasteiger partial charge in [-0.3, -0.25) is 14.1 Å². The van der Waals surface area contributed by atoms with Gasteiger partial charge in [-0.25, -0.2) is 28.3 Å². The summed E-state index contributed by atoms with van der Waals surface area (Å²) in [5.41, 5.74) is 13.4. The van der Waals surface area contributed by atoms with Gasteiger partial charge < -0.3 is 39.9 Å². The number of carbonyl (C=O) groups excluding carboxylic acids is 2. The van der Waals surface area contributed by atoms with Crippen LogP contribution in [0, 0.1) is 25.5 Å². The lowest BCUT2D eigenvalue weighted by Crippen LogP contribution is -2.44. The van der Waals surface area contributed by atoms with Crippen molar-refractivity contribution in [2.45, 2.75) is 116 Å². The number of cyclic esters (lactones) is 2. The Hall–Kier alpha value is -6.29. The molecule has 0 fully saturated rings. The Morgan fingerprint density at radius 2 is 1.14 bits per heavy atom. The van der Waals surface area contributed by atoms with E-state index >= 15 is 0 Å². The van der Waals surface area contributed by atoms with Crippen LogP contribution in [0.1, 0.15) is 118 Å². The summed E-state index contributed by atoms with van der Waals surface area (Å²) in [6.45, 7) is 7.19. The number of nitrogens with zero attached hydrogens (tertiary/aromatic N) is 4. The van der Waals surface area contributed by atoms with Gasteiger partial charge in [0.2, 0.25) is 0 Å². The van der Waals surface area contributed by atoms with E-state index in [2.05, 4.69) is 5.32 Å². The third-order valence-corrected chi connectivity index (χ3v) is 15.1. The fourth-order valence-corrected chi connectivity index (χ4v) is 11.4. The Balaban J connectivity index is 0.000000148. The molecule has 70 heavy (non-hydrogen) atoms. The van der Waals surface area contributed by atoms with Crippen molar-refractivity contribution in [1.82, 2.24) is 24.4 Å². The zero-order valence-electron chi connectivity index (χ0n) is 39.2. The van der Waals surface area contributed by atoms with Crippen LogP contribution in [0.4, 0.5) is 8.78 Å². The van der Waals surface area contributed by atoms with Crippen LogP contribution in [0.25, 0.3) is 44.6 Å². The van der Waals surface area contributed by atoms with Crippen LogP contribution < -0.4 is 22.2 Å². The van der Waals surface area contributed by atoms with Gasteiger partial charge in [0.15, 0.2) is 11.2 Å². The summed E-state index contributed by atoms with van der Waals surface area (Å²) < 4.78 is 68.8. The SMILES string of the molecule is CC[C@@]1(O)C(=O)OCc2c1cc1n(c2=O)Cc2c-1nc1cc(F)c(C)c3c1c2C(N)CC3.CC[C@@]1(O)C(=O)OCc2c1cc1n(c2=O)Cc2c-1nc1cc(F)c(C)c3c1c2[C@@H](NC)CC3.CS(=O)(=O)O. The molecule has 4 aromatic heterocycles. The van der Waals surface area contributed by atoms with E-state index < -0.39 is 33.3 Å². The first kappa shape index (κ1) is 47.4. The van der Waals surface area contributed by atoms with Crippen molar-refractivity contribution in [2.24, 2.45) is 5.73 Å². The molecular formula is C50H50F2N6O11S. The lowest BCUT2D eigenvalue weighted by atomic mass is 9.81. The van der Waals surface area contributed by atoms with Gasteiger partial charge in [-0.15, -0.1) is 0 Å². The van der Waals surface area contributed by atoms with Crippen LogP contribution in [0.5, 0.6) is 0 Å². The van der Waals surface area contributed by atoms with Gasteiger partial charge in [0, 0.05) is 57.2 Å². The van der Waals surface area contributed by atoms with E-state index in [1.807, 2.05) is 7.05 Å². The number of halogens is 2. The van der Waals surface area contributed by atoms with Gasteiger partial charge in [0.05, 0.1) is 64.3 Å². The molecule has 8 heterocycles. The number of aryl methyl sites for hydroxylation is 2. The summed E-state index contributed by atoms with van der Waals surface area (Å²) >= 11 is 0. The molecule has 6 N–H and O–H groups in total. The number of esters is 2.